The van der Waals surface area contributed by atoms with Crippen LogP contribution in [0.3, 0.4) is 0 Å². The monoisotopic (exact) mass is 291 g/mol. The number of hydrogen-bond acceptors (Lipinski definition) is 3. The zero-order valence-corrected chi connectivity index (χ0v) is 12.8. The minimum Gasteiger partial charge on any atom is -0.493 e. The molecule has 3 N–H and O–H groups in total. The molecular weight excluding hydrogens is 266 g/mol. The van der Waals surface area contributed by atoms with E-state index in [4.69, 9.17) is 15.2 Å². The summed E-state index contributed by atoms with van der Waals surface area (Å²) in [6, 6.07) is 8.22. The molecule has 0 saturated heterocycles. The third kappa shape index (κ3) is 4.93. The van der Waals surface area contributed by atoms with E-state index in [1.165, 1.54) is 0 Å². The number of para-hydroxylation sites is 1. The first kappa shape index (κ1) is 15.6. The molecule has 1 aromatic rings. The second-order valence-corrected chi connectivity index (χ2v) is 5.41. The molecule has 116 valence electrons. The molecule has 0 radical (unpaired) electrons. The highest BCUT2D eigenvalue weighted by Gasteiger charge is 2.20. The van der Waals surface area contributed by atoms with E-state index in [2.05, 4.69) is 16.4 Å². The molecule has 1 aromatic carbocycles. The van der Waals surface area contributed by atoms with Crippen LogP contribution in [0.5, 0.6) is 5.75 Å². The molecule has 1 aliphatic heterocycles. The van der Waals surface area contributed by atoms with E-state index in [1.807, 2.05) is 32.0 Å². The Balaban J connectivity index is 1.82. The number of hydrogen-bond donors (Lipinski definition) is 2. The lowest BCUT2D eigenvalue weighted by Gasteiger charge is -2.26. The number of aliphatic imine (C=N–C) groups is 1. The van der Waals surface area contributed by atoms with Gasteiger partial charge in [-0.3, -0.25) is 4.99 Å². The summed E-state index contributed by atoms with van der Waals surface area (Å²) in [5, 5.41) is 3.28. The highest BCUT2D eigenvalue weighted by Crippen LogP contribution is 2.31. The molecule has 0 saturated carbocycles. The molecule has 1 unspecified atom stereocenters. The van der Waals surface area contributed by atoms with Crippen molar-refractivity contribution in [2.24, 2.45) is 10.7 Å². The second-order valence-electron chi connectivity index (χ2n) is 5.41. The van der Waals surface area contributed by atoms with Crippen LogP contribution >= 0.6 is 0 Å². The fourth-order valence-corrected chi connectivity index (χ4v) is 2.30. The van der Waals surface area contributed by atoms with Crippen LogP contribution in [0.15, 0.2) is 29.3 Å². The maximum atomic E-state index is 5.96. The highest BCUT2D eigenvalue weighted by atomic mass is 16.5. The Kier molecular flexibility index (Phi) is 5.87. The Morgan fingerprint density at radius 1 is 1.48 bits per heavy atom. The largest absolute Gasteiger partial charge is 0.493 e. The Bertz CT molecular complexity index is 474. The summed E-state index contributed by atoms with van der Waals surface area (Å²) < 4.78 is 11.1. The number of nitrogens with two attached hydrogens (primary N) is 1. The number of nitrogens with zero attached hydrogens (tertiary/aromatic N) is 1. The summed E-state index contributed by atoms with van der Waals surface area (Å²) in [5.74, 6) is 1.42. The van der Waals surface area contributed by atoms with Gasteiger partial charge in [0, 0.05) is 25.1 Å². The predicted molar refractivity (Wildman–Crippen MR) is 84.6 cm³/mol. The van der Waals surface area contributed by atoms with Gasteiger partial charge < -0.3 is 20.5 Å². The smallest absolute Gasteiger partial charge is 0.189 e. The van der Waals surface area contributed by atoms with Gasteiger partial charge >= 0.3 is 0 Å². The molecule has 2 rings (SSSR count). The molecule has 0 bridgehead atoms. The Labute approximate surface area is 126 Å². The first-order chi connectivity index (χ1) is 10.2. The Morgan fingerprint density at radius 2 is 2.29 bits per heavy atom. The van der Waals surface area contributed by atoms with Crippen molar-refractivity contribution in [1.82, 2.24) is 5.32 Å². The number of rotatable bonds is 6. The number of benzene rings is 1. The maximum Gasteiger partial charge on any atom is 0.189 e. The summed E-state index contributed by atoms with van der Waals surface area (Å²) in [5.41, 5.74) is 7.10. The summed E-state index contributed by atoms with van der Waals surface area (Å²) in [7, 11) is 0. The molecule has 1 atom stereocenters. The molecule has 1 aliphatic rings. The SMILES string of the molecule is CC(C)OCCCN=C(N)NC1CCOc2ccccc21. The van der Waals surface area contributed by atoms with E-state index >= 15 is 0 Å². The van der Waals surface area contributed by atoms with Crippen LogP contribution in [-0.4, -0.2) is 31.8 Å². The maximum absolute atomic E-state index is 5.96. The van der Waals surface area contributed by atoms with Gasteiger partial charge in [0.25, 0.3) is 0 Å². The quantitative estimate of drug-likeness (QED) is 0.479. The van der Waals surface area contributed by atoms with Gasteiger partial charge in [0.2, 0.25) is 0 Å². The Hall–Kier alpha value is -1.75. The number of fused-ring (bicyclic) bond motifs is 1. The number of ether oxygens (including phenoxy) is 2. The standard InChI is InChI=1S/C16H25N3O2/c1-12(2)20-10-5-9-18-16(17)19-14-8-11-21-15-7-4-3-6-13(14)15/h3-4,6-7,12,14H,5,8-11H2,1-2H3,(H3,17,18,19). The summed E-state index contributed by atoms with van der Waals surface area (Å²) in [4.78, 5) is 4.35. The lowest BCUT2D eigenvalue weighted by atomic mass is 10.0. The van der Waals surface area contributed by atoms with Crippen molar-refractivity contribution < 1.29 is 9.47 Å². The average Bonchev–Trinajstić information content (AvgIpc) is 2.47. The van der Waals surface area contributed by atoms with Crippen molar-refractivity contribution >= 4 is 5.96 Å². The second kappa shape index (κ2) is 7.88. The minimum atomic E-state index is 0.172. The molecule has 0 aliphatic carbocycles. The fourth-order valence-electron chi connectivity index (χ4n) is 2.30. The van der Waals surface area contributed by atoms with Crippen molar-refractivity contribution in [3.8, 4) is 5.75 Å². The van der Waals surface area contributed by atoms with Crippen LogP contribution in [0.2, 0.25) is 0 Å². The van der Waals surface area contributed by atoms with Gasteiger partial charge in [0.1, 0.15) is 5.75 Å². The van der Waals surface area contributed by atoms with Crippen molar-refractivity contribution in [1.29, 1.82) is 0 Å². The van der Waals surface area contributed by atoms with Gasteiger partial charge in [-0.25, -0.2) is 0 Å². The zero-order valence-electron chi connectivity index (χ0n) is 12.8. The molecule has 21 heavy (non-hydrogen) atoms. The van der Waals surface area contributed by atoms with Crippen LogP contribution in [0.4, 0.5) is 0 Å². The molecule has 5 nitrogen and oxygen atoms in total. The van der Waals surface area contributed by atoms with E-state index in [9.17, 15) is 0 Å². The predicted octanol–water partition coefficient (Wildman–Crippen LogP) is 2.23. The van der Waals surface area contributed by atoms with Crippen molar-refractivity contribution in [3.05, 3.63) is 29.8 Å². The third-order valence-corrected chi connectivity index (χ3v) is 3.32. The molecular formula is C16H25N3O2. The van der Waals surface area contributed by atoms with Crippen molar-refractivity contribution in [2.75, 3.05) is 19.8 Å². The first-order valence-corrected chi connectivity index (χ1v) is 7.56. The van der Waals surface area contributed by atoms with Gasteiger partial charge in [-0.2, -0.15) is 0 Å². The number of guanidine groups is 1. The summed E-state index contributed by atoms with van der Waals surface area (Å²) in [6.45, 7) is 6.15. The summed E-state index contributed by atoms with van der Waals surface area (Å²) in [6.07, 6.45) is 2.04. The third-order valence-electron chi connectivity index (χ3n) is 3.32. The van der Waals surface area contributed by atoms with Gasteiger partial charge in [0.05, 0.1) is 18.8 Å². The number of nitrogens with one attached hydrogen (secondary N) is 1. The molecule has 0 fully saturated rings. The molecule has 0 amide bonds. The lowest BCUT2D eigenvalue weighted by Crippen LogP contribution is -2.37. The van der Waals surface area contributed by atoms with Gasteiger partial charge in [-0.05, 0) is 26.3 Å². The first-order valence-electron chi connectivity index (χ1n) is 7.56. The van der Waals surface area contributed by atoms with Crippen LogP contribution in [0.25, 0.3) is 0 Å². The molecule has 0 aromatic heterocycles. The fraction of sp³-hybridized carbons (Fsp3) is 0.562. The highest BCUT2D eigenvalue weighted by molar-refractivity contribution is 5.78. The molecule has 5 heteroatoms. The molecule has 0 spiro atoms. The zero-order chi connectivity index (χ0) is 15.1. The topological polar surface area (TPSA) is 68.9 Å². The van der Waals surface area contributed by atoms with Crippen molar-refractivity contribution in [3.63, 3.8) is 0 Å². The lowest BCUT2D eigenvalue weighted by molar-refractivity contribution is 0.0783. The van der Waals surface area contributed by atoms with Gasteiger partial charge in [0.15, 0.2) is 5.96 Å². The van der Waals surface area contributed by atoms with Crippen LogP contribution < -0.4 is 15.8 Å². The normalized spacial score (nSPS) is 18.2. The van der Waals surface area contributed by atoms with Crippen LogP contribution in [-0.2, 0) is 4.74 Å². The van der Waals surface area contributed by atoms with E-state index < -0.39 is 0 Å². The van der Waals surface area contributed by atoms with Crippen LogP contribution in [0, 0.1) is 0 Å². The van der Waals surface area contributed by atoms with E-state index in [0.29, 0.717) is 25.7 Å². The average molecular weight is 291 g/mol. The van der Waals surface area contributed by atoms with Crippen LogP contribution in [0.1, 0.15) is 38.3 Å². The van der Waals surface area contributed by atoms with Gasteiger partial charge in [-0.15, -0.1) is 0 Å². The summed E-state index contributed by atoms with van der Waals surface area (Å²) >= 11 is 0. The van der Waals surface area contributed by atoms with Gasteiger partial charge in [-0.1, -0.05) is 18.2 Å². The van der Waals surface area contributed by atoms with Crippen molar-refractivity contribution in [2.45, 2.75) is 38.8 Å². The van der Waals surface area contributed by atoms with E-state index in [-0.39, 0.29) is 12.1 Å². The minimum absolute atomic E-state index is 0.172. The van der Waals surface area contributed by atoms with E-state index in [0.717, 1.165) is 24.2 Å². The molecule has 1 heterocycles. The Morgan fingerprint density at radius 3 is 3.10 bits per heavy atom. The van der Waals surface area contributed by atoms with E-state index in [1.54, 1.807) is 0 Å².